The number of nitrogens with one attached hydrogen (secondary N) is 1. The Morgan fingerprint density at radius 3 is 1.53 bits per heavy atom. The van der Waals surface area contributed by atoms with Crippen molar-refractivity contribution in [1.82, 2.24) is 5.32 Å². The van der Waals surface area contributed by atoms with Gasteiger partial charge in [0.25, 0.3) is 0 Å². The van der Waals surface area contributed by atoms with E-state index in [-0.39, 0.29) is 18.9 Å². The Balaban J connectivity index is 1.74. The number of hydrogen-bond donors (Lipinski definition) is 9. The summed E-state index contributed by atoms with van der Waals surface area (Å²) in [5.74, 6) is -0.258. The second-order valence-corrected chi connectivity index (χ2v) is 19.3. The quantitative estimate of drug-likeness (QED) is 0.0208. The Morgan fingerprint density at radius 1 is 0.514 bits per heavy atom. The van der Waals surface area contributed by atoms with Gasteiger partial charge in [-0.3, -0.25) is 4.79 Å². The highest BCUT2D eigenvalue weighted by Gasteiger charge is 2.51. The Morgan fingerprint density at radius 2 is 0.986 bits per heavy atom. The zero-order chi connectivity index (χ0) is 51.0. The first-order valence-corrected chi connectivity index (χ1v) is 27.5. The lowest BCUT2D eigenvalue weighted by Gasteiger charge is -2.46. The van der Waals surface area contributed by atoms with Crippen LogP contribution < -0.4 is 5.32 Å². The number of hydrogen-bond acceptors (Lipinski definition) is 13. The molecule has 2 heterocycles. The molecule has 0 radical (unpaired) electrons. The molecule has 406 valence electrons. The van der Waals surface area contributed by atoms with E-state index in [9.17, 15) is 45.6 Å². The molecule has 2 fully saturated rings. The van der Waals surface area contributed by atoms with Gasteiger partial charge in [0.05, 0.1) is 32.0 Å². The van der Waals surface area contributed by atoms with Crippen molar-refractivity contribution < 1.29 is 64.6 Å². The van der Waals surface area contributed by atoms with Crippen molar-refractivity contribution in [2.75, 3.05) is 19.8 Å². The molecule has 14 heteroatoms. The van der Waals surface area contributed by atoms with Gasteiger partial charge in [0.15, 0.2) is 12.6 Å². The van der Waals surface area contributed by atoms with E-state index in [2.05, 4.69) is 67.8 Å². The fraction of sp³-hybridized carbons (Fsp3) is 0.804. The molecule has 0 saturated carbocycles. The molecule has 0 aromatic heterocycles. The van der Waals surface area contributed by atoms with Crippen LogP contribution in [-0.2, 0) is 23.7 Å². The smallest absolute Gasteiger partial charge is 0.220 e. The molecule has 2 aliphatic rings. The molecule has 14 nitrogen and oxygen atoms in total. The summed E-state index contributed by atoms with van der Waals surface area (Å²) in [6, 6.07) is -0.938. The topological polar surface area (TPSA) is 228 Å². The number of ether oxygens (including phenoxy) is 4. The molecule has 9 N–H and O–H groups in total. The van der Waals surface area contributed by atoms with E-state index in [0.29, 0.717) is 12.8 Å². The zero-order valence-electron chi connectivity index (χ0n) is 43.2. The van der Waals surface area contributed by atoms with Crippen LogP contribution in [0.3, 0.4) is 0 Å². The number of rotatable bonds is 42. The molecular weight excluding hydrogens is 895 g/mol. The van der Waals surface area contributed by atoms with Gasteiger partial charge in [0.2, 0.25) is 5.91 Å². The van der Waals surface area contributed by atoms with Gasteiger partial charge in [-0.25, -0.2) is 0 Å². The maximum absolute atomic E-state index is 13.2. The van der Waals surface area contributed by atoms with Gasteiger partial charge in [-0.15, -0.1) is 0 Å². The average Bonchev–Trinajstić information content (AvgIpc) is 3.36. The minimum Gasteiger partial charge on any atom is -0.394 e. The highest BCUT2D eigenvalue weighted by Crippen LogP contribution is 2.30. The van der Waals surface area contributed by atoms with Crippen molar-refractivity contribution in [3.8, 4) is 0 Å². The second-order valence-electron chi connectivity index (χ2n) is 19.3. The summed E-state index contributed by atoms with van der Waals surface area (Å²) in [5, 5.41) is 86.7. The van der Waals surface area contributed by atoms with E-state index in [4.69, 9.17) is 18.9 Å². The van der Waals surface area contributed by atoms with Crippen LogP contribution in [0.5, 0.6) is 0 Å². The first kappa shape index (κ1) is 63.8. The maximum atomic E-state index is 13.2. The highest BCUT2D eigenvalue weighted by atomic mass is 16.7. The summed E-state index contributed by atoms with van der Waals surface area (Å²) in [6.45, 7) is 2.66. The Hall–Kier alpha value is -2.31. The van der Waals surface area contributed by atoms with Crippen molar-refractivity contribution in [3.05, 3.63) is 60.8 Å². The Kier molecular flexibility index (Phi) is 38.4. The SMILES string of the molecule is CCC/C=C/CC/C=C/CC/C=C/C(O)C(COC1OC(CO)C(OC2OC(CO)C(O)C(O)C2O)C(O)C1O)NC(=O)CCCCCCCCCCCCCCC/C=C\C/C=C\CCCCCCC. The van der Waals surface area contributed by atoms with Crippen LogP contribution >= 0.6 is 0 Å². The summed E-state index contributed by atoms with van der Waals surface area (Å²) >= 11 is 0. The third kappa shape index (κ3) is 28.2. The van der Waals surface area contributed by atoms with E-state index < -0.39 is 86.8 Å². The lowest BCUT2D eigenvalue weighted by atomic mass is 9.97. The van der Waals surface area contributed by atoms with Gasteiger partial charge in [0.1, 0.15) is 48.8 Å². The van der Waals surface area contributed by atoms with Crippen molar-refractivity contribution in [1.29, 1.82) is 0 Å². The van der Waals surface area contributed by atoms with Gasteiger partial charge in [-0.2, -0.15) is 0 Å². The molecule has 0 bridgehead atoms. The molecule has 0 aromatic carbocycles. The summed E-state index contributed by atoms with van der Waals surface area (Å²) in [4.78, 5) is 13.2. The molecule has 0 aliphatic carbocycles. The van der Waals surface area contributed by atoms with Crippen molar-refractivity contribution >= 4 is 5.91 Å². The molecule has 0 aromatic rings. The van der Waals surface area contributed by atoms with Gasteiger partial charge in [0, 0.05) is 6.42 Å². The molecule has 12 unspecified atom stereocenters. The van der Waals surface area contributed by atoms with Crippen LogP contribution in [0.25, 0.3) is 0 Å². The van der Waals surface area contributed by atoms with Crippen LogP contribution in [0.15, 0.2) is 60.8 Å². The maximum Gasteiger partial charge on any atom is 0.220 e. The van der Waals surface area contributed by atoms with E-state index >= 15 is 0 Å². The number of unbranched alkanes of at least 4 members (excludes halogenated alkanes) is 21. The second kappa shape index (κ2) is 42.1. The molecular formula is C56H99NO13. The van der Waals surface area contributed by atoms with Gasteiger partial charge in [-0.05, 0) is 70.6 Å². The number of carbonyl (C=O) groups excluding carboxylic acids is 1. The minimum atomic E-state index is -1.79. The van der Waals surface area contributed by atoms with Crippen molar-refractivity contribution in [2.45, 2.75) is 267 Å². The third-order valence-electron chi connectivity index (χ3n) is 13.1. The summed E-state index contributed by atoms with van der Waals surface area (Å²) in [6.07, 6.45) is 35.6. The molecule has 0 spiro atoms. The fourth-order valence-corrected chi connectivity index (χ4v) is 8.65. The third-order valence-corrected chi connectivity index (χ3v) is 13.1. The monoisotopic (exact) mass is 994 g/mol. The van der Waals surface area contributed by atoms with E-state index in [1.807, 2.05) is 6.08 Å². The standard InChI is InChI=1S/C56H99NO13/c1-3-5-7-9-11-13-15-16-17-18-19-20-21-22-23-24-25-26-27-28-30-32-34-36-38-40-48(61)57-44(45(60)39-37-35-33-31-29-14-12-10-8-6-4-2)43-67-55-53(66)51(64)54(47(42-59)69-55)70-56-52(65)50(63)49(62)46(41-58)68-56/h8,10,15-16,18-19,29,31,37,39,44-47,49-56,58-60,62-66H,3-7,9,11-14,17,20-28,30,32-36,38,40-43H2,1-2H3,(H,57,61)/b10-8+,16-15-,19-18-,31-29+,39-37+. The van der Waals surface area contributed by atoms with Gasteiger partial charge in [-0.1, -0.05) is 177 Å². The zero-order valence-corrected chi connectivity index (χ0v) is 43.2. The predicted molar refractivity (Wildman–Crippen MR) is 277 cm³/mol. The molecule has 70 heavy (non-hydrogen) atoms. The van der Waals surface area contributed by atoms with Gasteiger partial charge < -0.3 is 65.1 Å². The van der Waals surface area contributed by atoms with E-state index in [1.54, 1.807) is 6.08 Å². The van der Waals surface area contributed by atoms with Crippen LogP contribution in [0.4, 0.5) is 0 Å². The molecule has 2 rings (SSSR count). The summed E-state index contributed by atoms with van der Waals surface area (Å²) in [5.41, 5.74) is 0. The number of aliphatic hydroxyl groups excluding tert-OH is 8. The lowest BCUT2D eigenvalue weighted by Crippen LogP contribution is -2.65. The predicted octanol–water partition coefficient (Wildman–Crippen LogP) is 8.22. The lowest BCUT2D eigenvalue weighted by molar-refractivity contribution is -0.359. The number of amides is 1. The van der Waals surface area contributed by atoms with E-state index in [1.165, 1.54) is 103 Å². The van der Waals surface area contributed by atoms with E-state index in [0.717, 1.165) is 57.8 Å². The molecule has 12 atom stereocenters. The first-order chi connectivity index (χ1) is 34.1. The highest BCUT2D eigenvalue weighted by molar-refractivity contribution is 5.76. The van der Waals surface area contributed by atoms with Crippen LogP contribution in [0.1, 0.15) is 194 Å². The molecule has 1 amide bonds. The Bertz CT molecular complexity index is 1410. The van der Waals surface area contributed by atoms with Crippen LogP contribution in [-0.4, -0.2) is 140 Å². The first-order valence-electron chi connectivity index (χ1n) is 27.5. The van der Waals surface area contributed by atoms with Crippen LogP contribution in [0.2, 0.25) is 0 Å². The molecule has 2 saturated heterocycles. The van der Waals surface area contributed by atoms with Gasteiger partial charge >= 0.3 is 0 Å². The summed E-state index contributed by atoms with van der Waals surface area (Å²) < 4.78 is 22.7. The largest absolute Gasteiger partial charge is 0.394 e. The van der Waals surface area contributed by atoms with Crippen molar-refractivity contribution in [3.63, 3.8) is 0 Å². The minimum absolute atomic E-state index is 0.258. The number of aliphatic hydroxyl groups is 8. The number of carbonyl (C=O) groups is 1. The van der Waals surface area contributed by atoms with Crippen LogP contribution in [0, 0.1) is 0 Å². The Labute approximate surface area is 422 Å². The normalized spacial score (nSPS) is 26.4. The number of allylic oxidation sites excluding steroid dienone is 9. The average molecular weight is 994 g/mol. The van der Waals surface area contributed by atoms with Crippen molar-refractivity contribution in [2.24, 2.45) is 0 Å². The fourth-order valence-electron chi connectivity index (χ4n) is 8.65. The molecule has 2 aliphatic heterocycles. The summed E-state index contributed by atoms with van der Waals surface area (Å²) in [7, 11) is 0.